The standard InChI is InChI=1S/C19H23NO/c21-19(11-14-20-12-5-1-2-6-13-20)18-10-9-16-7-3-4-8-17(16)15-18/h3-4,7-10,15H,1-2,5-6,11-14H2. The molecule has 1 heterocycles. The lowest BCUT2D eigenvalue weighted by molar-refractivity contribution is 0.0965. The second kappa shape index (κ2) is 6.86. The monoisotopic (exact) mass is 281 g/mol. The van der Waals surface area contributed by atoms with Gasteiger partial charge in [0.05, 0.1) is 0 Å². The summed E-state index contributed by atoms with van der Waals surface area (Å²) in [5.41, 5.74) is 0.850. The second-order valence-corrected chi connectivity index (χ2v) is 5.99. The SMILES string of the molecule is O=C(CCN1CCCCCC1)c1ccc2ccccc2c1. The summed E-state index contributed by atoms with van der Waals surface area (Å²) in [6.45, 7) is 3.22. The first-order valence-corrected chi connectivity index (χ1v) is 8.07. The first-order chi connectivity index (χ1) is 10.3. The maximum atomic E-state index is 12.4. The van der Waals surface area contributed by atoms with Gasteiger partial charge in [0.15, 0.2) is 5.78 Å². The van der Waals surface area contributed by atoms with Gasteiger partial charge in [-0.05, 0) is 42.8 Å². The number of ketones is 1. The molecular weight excluding hydrogens is 258 g/mol. The molecule has 2 heteroatoms. The number of rotatable bonds is 4. The van der Waals surface area contributed by atoms with E-state index in [0.717, 1.165) is 30.6 Å². The van der Waals surface area contributed by atoms with E-state index < -0.39 is 0 Å². The van der Waals surface area contributed by atoms with Crippen molar-refractivity contribution in [2.45, 2.75) is 32.1 Å². The summed E-state index contributed by atoms with van der Waals surface area (Å²) in [6.07, 6.45) is 5.89. The van der Waals surface area contributed by atoms with Crippen molar-refractivity contribution in [2.75, 3.05) is 19.6 Å². The van der Waals surface area contributed by atoms with Gasteiger partial charge in [0.1, 0.15) is 0 Å². The van der Waals surface area contributed by atoms with E-state index in [1.165, 1.54) is 31.1 Å². The molecule has 1 fully saturated rings. The fraction of sp³-hybridized carbons (Fsp3) is 0.421. The van der Waals surface area contributed by atoms with Crippen LogP contribution >= 0.6 is 0 Å². The minimum Gasteiger partial charge on any atom is -0.303 e. The summed E-state index contributed by atoms with van der Waals surface area (Å²) in [5, 5.41) is 2.35. The maximum absolute atomic E-state index is 12.4. The zero-order valence-corrected chi connectivity index (χ0v) is 12.6. The Hall–Kier alpha value is -1.67. The number of benzene rings is 2. The third-order valence-corrected chi connectivity index (χ3v) is 4.43. The Balaban J connectivity index is 1.63. The minimum atomic E-state index is 0.269. The van der Waals surface area contributed by atoms with Gasteiger partial charge in [-0.1, -0.05) is 49.2 Å². The van der Waals surface area contributed by atoms with Crippen LogP contribution in [0, 0.1) is 0 Å². The van der Waals surface area contributed by atoms with E-state index in [-0.39, 0.29) is 5.78 Å². The topological polar surface area (TPSA) is 20.3 Å². The molecule has 0 unspecified atom stereocenters. The van der Waals surface area contributed by atoms with E-state index in [4.69, 9.17) is 0 Å². The van der Waals surface area contributed by atoms with Crippen molar-refractivity contribution in [3.8, 4) is 0 Å². The molecule has 110 valence electrons. The van der Waals surface area contributed by atoms with E-state index in [0.29, 0.717) is 6.42 Å². The van der Waals surface area contributed by atoms with Crippen LogP contribution in [0.3, 0.4) is 0 Å². The summed E-state index contributed by atoms with van der Waals surface area (Å²) in [4.78, 5) is 14.8. The van der Waals surface area contributed by atoms with Crippen LogP contribution in [-0.2, 0) is 0 Å². The minimum absolute atomic E-state index is 0.269. The number of nitrogens with zero attached hydrogens (tertiary/aromatic N) is 1. The highest BCUT2D eigenvalue weighted by atomic mass is 16.1. The van der Waals surface area contributed by atoms with Crippen molar-refractivity contribution in [2.24, 2.45) is 0 Å². The van der Waals surface area contributed by atoms with Gasteiger partial charge in [-0.2, -0.15) is 0 Å². The smallest absolute Gasteiger partial charge is 0.164 e. The third kappa shape index (κ3) is 3.70. The number of carbonyl (C=O) groups excluding carboxylic acids is 1. The number of carbonyl (C=O) groups is 1. The lowest BCUT2D eigenvalue weighted by atomic mass is 10.0. The van der Waals surface area contributed by atoms with E-state index in [2.05, 4.69) is 23.1 Å². The van der Waals surface area contributed by atoms with Crippen molar-refractivity contribution in [1.82, 2.24) is 4.90 Å². The number of likely N-dealkylation sites (tertiary alicyclic amines) is 1. The van der Waals surface area contributed by atoms with Gasteiger partial charge in [-0.3, -0.25) is 4.79 Å². The van der Waals surface area contributed by atoms with Crippen LogP contribution in [0.2, 0.25) is 0 Å². The Morgan fingerprint density at radius 3 is 2.38 bits per heavy atom. The summed E-state index contributed by atoms with van der Waals surface area (Å²) in [6, 6.07) is 14.3. The van der Waals surface area contributed by atoms with Crippen LogP contribution in [0.25, 0.3) is 10.8 Å². The predicted molar refractivity (Wildman–Crippen MR) is 87.8 cm³/mol. The Kier molecular flexibility index (Phi) is 4.66. The summed E-state index contributed by atoms with van der Waals surface area (Å²) < 4.78 is 0. The van der Waals surface area contributed by atoms with Crippen molar-refractivity contribution < 1.29 is 4.79 Å². The van der Waals surface area contributed by atoms with Gasteiger partial charge in [0.2, 0.25) is 0 Å². The molecule has 0 N–H and O–H groups in total. The molecule has 0 aromatic heterocycles. The molecule has 0 atom stereocenters. The molecule has 0 saturated carbocycles. The molecule has 1 aliphatic heterocycles. The van der Waals surface area contributed by atoms with Crippen molar-refractivity contribution in [1.29, 1.82) is 0 Å². The van der Waals surface area contributed by atoms with Gasteiger partial charge >= 0.3 is 0 Å². The first-order valence-electron chi connectivity index (χ1n) is 8.07. The molecule has 21 heavy (non-hydrogen) atoms. The van der Waals surface area contributed by atoms with Gasteiger partial charge in [0.25, 0.3) is 0 Å². The second-order valence-electron chi connectivity index (χ2n) is 5.99. The van der Waals surface area contributed by atoms with E-state index in [1.54, 1.807) is 0 Å². The van der Waals surface area contributed by atoms with Gasteiger partial charge in [-0.15, -0.1) is 0 Å². The molecule has 2 aromatic rings. The lowest BCUT2D eigenvalue weighted by Gasteiger charge is -2.19. The highest BCUT2D eigenvalue weighted by Crippen LogP contribution is 2.17. The van der Waals surface area contributed by atoms with E-state index in [9.17, 15) is 4.79 Å². The highest BCUT2D eigenvalue weighted by molar-refractivity contribution is 6.00. The molecule has 0 radical (unpaired) electrons. The number of Topliss-reactive ketones (excluding diaryl/α,β-unsaturated/α-hetero) is 1. The Morgan fingerprint density at radius 2 is 1.62 bits per heavy atom. The molecule has 3 rings (SSSR count). The average Bonchev–Trinajstić information content (AvgIpc) is 2.81. The highest BCUT2D eigenvalue weighted by Gasteiger charge is 2.12. The molecule has 1 saturated heterocycles. The fourth-order valence-corrected chi connectivity index (χ4v) is 3.13. The largest absolute Gasteiger partial charge is 0.303 e. The van der Waals surface area contributed by atoms with Crippen LogP contribution in [0.1, 0.15) is 42.5 Å². The fourth-order valence-electron chi connectivity index (χ4n) is 3.13. The predicted octanol–water partition coefficient (Wildman–Crippen LogP) is 4.29. The lowest BCUT2D eigenvalue weighted by Crippen LogP contribution is -2.27. The van der Waals surface area contributed by atoms with Gasteiger partial charge in [0, 0.05) is 18.5 Å². The zero-order chi connectivity index (χ0) is 14.5. The molecule has 2 nitrogen and oxygen atoms in total. The zero-order valence-electron chi connectivity index (χ0n) is 12.6. The van der Waals surface area contributed by atoms with Gasteiger partial charge in [-0.25, -0.2) is 0 Å². The number of fused-ring (bicyclic) bond motifs is 1. The van der Waals surface area contributed by atoms with Gasteiger partial charge < -0.3 is 4.90 Å². The van der Waals surface area contributed by atoms with E-state index >= 15 is 0 Å². The normalized spacial score (nSPS) is 16.8. The Morgan fingerprint density at radius 1 is 0.905 bits per heavy atom. The van der Waals surface area contributed by atoms with Crippen LogP contribution in [0.15, 0.2) is 42.5 Å². The molecule has 2 aromatic carbocycles. The third-order valence-electron chi connectivity index (χ3n) is 4.43. The summed E-state index contributed by atoms with van der Waals surface area (Å²) in [5.74, 6) is 0.269. The van der Waals surface area contributed by atoms with E-state index in [1.807, 2.05) is 24.3 Å². The first kappa shape index (κ1) is 14.3. The Labute approximate surface area is 126 Å². The maximum Gasteiger partial charge on any atom is 0.164 e. The number of hydrogen-bond acceptors (Lipinski definition) is 2. The molecule has 1 aliphatic rings. The van der Waals surface area contributed by atoms with Crippen LogP contribution < -0.4 is 0 Å². The number of hydrogen-bond donors (Lipinski definition) is 0. The average molecular weight is 281 g/mol. The molecular formula is C19H23NO. The quantitative estimate of drug-likeness (QED) is 0.779. The van der Waals surface area contributed by atoms with Crippen molar-refractivity contribution in [3.63, 3.8) is 0 Å². The molecule has 0 aliphatic carbocycles. The molecule has 0 bridgehead atoms. The van der Waals surface area contributed by atoms with Crippen molar-refractivity contribution in [3.05, 3.63) is 48.0 Å². The molecule has 0 spiro atoms. The summed E-state index contributed by atoms with van der Waals surface area (Å²) in [7, 11) is 0. The van der Waals surface area contributed by atoms with Crippen molar-refractivity contribution >= 4 is 16.6 Å². The summed E-state index contributed by atoms with van der Waals surface area (Å²) >= 11 is 0. The molecule has 0 amide bonds. The van der Waals surface area contributed by atoms with Crippen LogP contribution in [0.5, 0.6) is 0 Å². The van der Waals surface area contributed by atoms with Crippen LogP contribution in [-0.4, -0.2) is 30.3 Å². The van der Waals surface area contributed by atoms with Crippen LogP contribution in [0.4, 0.5) is 0 Å². The Bertz CT molecular complexity index is 612.